The standard InChI is InChI=1S/C67H70O14/c1-3-5-7-9-10-14-45-74-55-32-20-49(21-33-55)63(68)77-58-36-26-52(27-37-58)66(71)80-61-18-17-19-62(48-61)81-67(72)53-28-38-59(39-29-53)78-64(69)50-22-34-56(35-23-50)75-46-15-11-12-16-47-76-57-40-42-60(43-41-57)79-65(70)51-24-30-54(31-25-51)73-44-13-8-6-4-2/h17-43,48H,3-16,44-47H2,1-2H3. The van der Waals surface area contributed by atoms with Gasteiger partial charge in [0.15, 0.2) is 0 Å². The van der Waals surface area contributed by atoms with E-state index in [1.807, 2.05) is 0 Å². The molecule has 0 saturated heterocycles. The number of hydrogen-bond acceptors (Lipinski definition) is 14. The largest absolute Gasteiger partial charge is 0.494 e. The first-order valence-corrected chi connectivity index (χ1v) is 27.9. The molecular weight excluding hydrogens is 1030 g/mol. The van der Waals surface area contributed by atoms with E-state index in [-0.39, 0.29) is 34.1 Å². The molecule has 7 aromatic rings. The molecule has 14 nitrogen and oxygen atoms in total. The molecule has 0 aromatic heterocycles. The second kappa shape index (κ2) is 32.9. The third-order valence-electron chi connectivity index (χ3n) is 12.7. The first kappa shape index (κ1) is 59.7. The number of carbonyl (C=O) groups excluding carboxylic acids is 5. The summed E-state index contributed by atoms with van der Waals surface area (Å²) in [6, 6.07) is 45.3. The van der Waals surface area contributed by atoms with Crippen molar-refractivity contribution in [1.29, 1.82) is 0 Å². The molecule has 0 aliphatic rings. The lowest BCUT2D eigenvalue weighted by Crippen LogP contribution is -2.11. The molecule has 0 aliphatic carbocycles. The molecule has 422 valence electrons. The fourth-order valence-electron chi connectivity index (χ4n) is 8.14. The quantitative estimate of drug-likeness (QED) is 0.0216. The number of hydrogen-bond donors (Lipinski definition) is 0. The van der Waals surface area contributed by atoms with Gasteiger partial charge in [-0.15, -0.1) is 0 Å². The fourth-order valence-corrected chi connectivity index (χ4v) is 8.14. The molecule has 81 heavy (non-hydrogen) atoms. The van der Waals surface area contributed by atoms with Crippen LogP contribution in [0.2, 0.25) is 0 Å². The highest BCUT2D eigenvalue weighted by molar-refractivity contribution is 5.94. The summed E-state index contributed by atoms with van der Waals surface area (Å²) in [7, 11) is 0. The van der Waals surface area contributed by atoms with Crippen LogP contribution in [0.1, 0.15) is 156 Å². The zero-order valence-corrected chi connectivity index (χ0v) is 46.1. The molecule has 0 spiro atoms. The summed E-state index contributed by atoms with van der Waals surface area (Å²) in [5.74, 6) is 0.985. The highest BCUT2D eigenvalue weighted by Gasteiger charge is 2.16. The predicted octanol–water partition coefficient (Wildman–Crippen LogP) is 15.5. The van der Waals surface area contributed by atoms with Crippen LogP contribution in [0.4, 0.5) is 0 Å². The molecule has 0 fully saturated rings. The van der Waals surface area contributed by atoms with Crippen molar-refractivity contribution in [2.75, 3.05) is 26.4 Å². The zero-order valence-electron chi connectivity index (χ0n) is 46.1. The Morgan fingerprint density at radius 3 is 0.741 bits per heavy atom. The molecule has 0 amide bonds. The third kappa shape index (κ3) is 20.7. The highest BCUT2D eigenvalue weighted by Crippen LogP contribution is 2.26. The van der Waals surface area contributed by atoms with Crippen LogP contribution >= 0.6 is 0 Å². The zero-order chi connectivity index (χ0) is 56.9. The maximum Gasteiger partial charge on any atom is 0.343 e. The lowest BCUT2D eigenvalue weighted by atomic mass is 10.1. The lowest BCUT2D eigenvalue weighted by molar-refractivity contribution is 0.0720. The van der Waals surface area contributed by atoms with Crippen molar-refractivity contribution in [3.63, 3.8) is 0 Å². The van der Waals surface area contributed by atoms with Crippen molar-refractivity contribution < 1.29 is 66.6 Å². The van der Waals surface area contributed by atoms with Crippen LogP contribution in [-0.2, 0) is 0 Å². The molecular formula is C67H70O14. The molecule has 7 rings (SSSR count). The van der Waals surface area contributed by atoms with E-state index in [4.69, 9.17) is 42.6 Å². The first-order chi connectivity index (χ1) is 39.6. The van der Waals surface area contributed by atoms with Crippen molar-refractivity contribution in [1.82, 2.24) is 0 Å². The average molecular weight is 1100 g/mol. The van der Waals surface area contributed by atoms with Crippen LogP contribution < -0.4 is 42.6 Å². The minimum absolute atomic E-state index is 0.134. The third-order valence-corrected chi connectivity index (χ3v) is 12.7. The van der Waals surface area contributed by atoms with Gasteiger partial charge in [-0.05, 0) is 196 Å². The molecule has 0 radical (unpaired) electrons. The van der Waals surface area contributed by atoms with Gasteiger partial charge in [-0.25, -0.2) is 24.0 Å². The van der Waals surface area contributed by atoms with E-state index in [0.717, 1.165) is 57.1 Å². The second-order valence-electron chi connectivity index (χ2n) is 19.2. The summed E-state index contributed by atoms with van der Waals surface area (Å²) >= 11 is 0. The predicted molar refractivity (Wildman–Crippen MR) is 308 cm³/mol. The minimum atomic E-state index is -0.683. The van der Waals surface area contributed by atoms with Gasteiger partial charge in [0, 0.05) is 6.07 Å². The number of benzene rings is 7. The number of unbranched alkanes of at least 4 members (excludes halogenated alkanes) is 11. The van der Waals surface area contributed by atoms with Gasteiger partial charge < -0.3 is 42.6 Å². The van der Waals surface area contributed by atoms with Crippen LogP contribution in [0.5, 0.6) is 51.7 Å². The van der Waals surface area contributed by atoms with E-state index >= 15 is 0 Å². The van der Waals surface area contributed by atoms with Crippen LogP contribution in [0.25, 0.3) is 0 Å². The van der Waals surface area contributed by atoms with Gasteiger partial charge in [0.2, 0.25) is 0 Å². The fraction of sp³-hybridized carbons (Fsp3) is 0.299. The van der Waals surface area contributed by atoms with Gasteiger partial charge in [-0.2, -0.15) is 0 Å². The number of rotatable bonds is 33. The topological polar surface area (TPSA) is 168 Å². The number of ether oxygens (including phenoxy) is 9. The maximum absolute atomic E-state index is 13.0. The van der Waals surface area contributed by atoms with E-state index in [1.54, 1.807) is 115 Å². The van der Waals surface area contributed by atoms with E-state index in [9.17, 15) is 24.0 Å². The Morgan fingerprint density at radius 2 is 0.457 bits per heavy atom. The van der Waals surface area contributed by atoms with Gasteiger partial charge in [0.1, 0.15) is 51.7 Å². The Hall–Kier alpha value is -8.91. The molecule has 0 unspecified atom stereocenters. The monoisotopic (exact) mass is 1100 g/mol. The Morgan fingerprint density at radius 1 is 0.247 bits per heavy atom. The van der Waals surface area contributed by atoms with Crippen LogP contribution in [0.3, 0.4) is 0 Å². The molecule has 14 heteroatoms. The van der Waals surface area contributed by atoms with Crippen molar-refractivity contribution >= 4 is 29.8 Å². The van der Waals surface area contributed by atoms with Crippen molar-refractivity contribution in [2.45, 2.75) is 104 Å². The molecule has 0 heterocycles. The van der Waals surface area contributed by atoms with Crippen LogP contribution in [0, 0.1) is 0 Å². The number of esters is 5. The SMILES string of the molecule is CCCCCCCCOc1ccc(C(=O)Oc2ccc(C(=O)Oc3cccc(OC(=O)c4ccc(OC(=O)c5ccc(OCCCCCCOc6ccc(OC(=O)c7ccc(OCCCCCC)cc7)cc6)cc5)cc4)c3)cc2)cc1. The van der Waals surface area contributed by atoms with Gasteiger partial charge in [0.25, 0.3) is 0 Å². The summed E-state index contributed by atoms with van der Waals surface area (Å²) in [6.45, 7) is 6.72. The summed E-state index contributed by atoms with van der Waals surface area (Å²) in [6.07, 6.45) is 15.2. The molecule has 0 bridgehead atoms. The Bertz CT molecular complexity index is 3040. The molecule has 0 N–H and O–H groups in total. The summed E-state index contributed by atoms with van der Waals surface area (Å²) in [4.78, 5) is 64.4. The van der Waals surface area contributed by atoms with Crippen molar-refractivity contribution in [3.8, 4) is 51.7 Å². The van der Waals surface area contributed by atoms with E-state index < -0.39 is 29.8 Å². The molecule has 7 aromatic carbocycles. The molecule has 0 atom stereocenters. The molecule has 0 aliphatic heterocycles. The second-order valence-corrected chi connectivity index (χ2v) is 19.2. The van der Waals surface area contributed by atoms with Gasteiger partial charge in [-0.3, -0.25) is 0 Å². The maximum atomic E-state index is 13.0. The Kier molecular flexibility index (Phi) is 24.2. The van der Waals surface area contributed by atoms with Crippen LogP contribution in [0.15, 0.2) is 170 Å². The Labute approximate surface area is 474 Å². The van der Waals surface area contributed by atoms with Crippen molar-refractivity contribution in [3.05, 3.63) is 198 Å². The number of carbonyl (C=O) groups is 5. The van der Waals surface area contributed by atoms with E-state index in [2.05, 4.69) is 13.8 Å². The van der Waals surface area contributed by atoms with Crippen LogP contribution in [-0.4, -0.2) is 56.3 Å². The van der Waals surface area contributed by atoms with E-state index in [1.165, 1.54) is 93.1 Å². The summed E-state index contributed by atoms with van der Waals surface area (Å²) in [5.41, 5.74) is 1.52. The van der Waals surface area contributed by atoms with E-state index in [0.29, 0.717) is 66.1 Å². The molecule has 0 saturated carbocycles. The van der Waals surface area contributed by atoms with Gasteiger partial charge in [-0.1, -0.05) is 71.3 Å². The first-order valence-electron chi connectivity index (χ1n) is 27.9. The summed E-state index contributed by atoms with van der Waals surface area (Å²) < 4.78 is 51.0. The van der Waals surface area contributed by atoms with Crippen molar-refractivity contribution in [2.24, 2.45) is 0 Å². The summed E-state index contributed by atoms with van der Waals surface area (Å²) in [5, 5.41) is 0. The normalized spacial score (nSPS) is 10.7. The lowest BCUT2D eigenvalue weighted by Gasteiger charge is -2.10. The van der Waals surface area contributed by atoms with Gasteiger partial charge >= 0.3 is 29.8 Å². The average Bonchev–Trinajstić information content (AvgIpc) is 3.49. The highest BCUT2D eigenvalue weighted by atomic mass is 16.6. The Balaban J connectivity index is 0.739. The minimum Gasteiger partial charge on any atom is -0.494 e. The van der Waals surface area contributed by atoms with Gasteiger partial charge in [0.05, 0.1) is 54.2 Å². The smallest absolute Gasteiger partial charge is 0.343 e.